The first-order chi connectivity index (χ1) is 21.5. The summed E-state index contributed by atoms with van der Waals surface area (Å²) in [5.74, 6) is 3.29. The standard InChI is InChI=1S/C38H36N4O2/c1-40-35-30(15-29(17-33(35)44-2)37(43)42-21-38-18-23(19-38)11-34(38)42)39-36(40)32-16-28-14-26(9-10-31(28)41(32)20-22-7-8-22)27-12-24-5-3-4-6-25(24)13-27/h3-6,9-10,12,14-17,22-23,34H,7-8,11,13,18-21H2,1-2H3. The van der Waals surface area contributed by atoms with E-state index in [-0.39, 0.29) is 5.91 Å². The maximum absolute atomic E-state index is 13.7. The molecule has 6 nitrogen and oxygen atoms in total. The molecule has 4 saturated carbocycles. The van der Waals surface area contributed by atoms with Crippen molar-refractivity contribution in [3.63, 3.8) is 0 Å². The summed E-state index contributed by atoms with van der Waals surface area (Å²) in [7, 11) is 3.77. The van der Waals surface area contributed by atoms with Gasteiger partial charge in [0.25, 0.3) is 5.91 Å². The van der Waals surface area contributed by atoms with E-state index in [4.69, 9.17) is 9.72 Å². The number of fused-ring (bicyclic) bond motifs is 3. The second-order valence-corrected chi connectivity index (χ2v) is 14.3. The number of carbonyl (C=O) groups is 1. The number of aryl methyl sites for hydroxylation is 1. The van der Waals surface area contributed by atoms with Crippen LogP contribution in [0.3, 0.4) is 0 Å². The molecule has 5 aromatic rings. The van der Waals surface area contributed by atoms with Crippen molar-refractivity contribution < 1.29 is 9.53 Å². The highest BCUT2D eigenvalue weighted by Gasteiger charge is 2.67. The average Bonchev–Trinajstić information content (AvgIpc) is 3.25. The molecule has 1 atom stereocenters. The Bertz CT molecular complexity index is 2090. The Balaban J connectivity index is 1.06. The number of imidazole rings is 1. The summed E-state index contributed by atoms with van der Waals surface area (Å²) < 4.78 is 10.5. The van der Waals surface area contributed by atoms with Crippen LogP contribution in [0.25, 0.3) is 45.1 Å². The van der Waals surface area contributed by atoms with Crippen molar-refractivity contribution in [2.75, 3.05) is 13.7 Å². The van der Waals surface area contributed by atoms with E-state index in [9.17, 15) is 4.79 Å². The van der Waals surface area contributed by atoms with Gasteiger partial charge in [-0.1, -0.05) is 36.4 Å². The molecule has 6 aliphatic rings. The zero-order chi connectivity index (χ0) is 29.3. The highest BCUT2D eigenvalue weighted by atomic mass is 16.5. The molecule has 3 aromatic carbocycles. The first-order valence-corrected chi connectivity index (χ1v) is 16.3. The fourth-order valence-electron chi connectivity index (χ4n) is 9.20. The zero-order valence-electron chi connectivity index (χ0n) is 25.3. The molecule has 0 radical (unpaired) electrons. The van der Waals surface area contributed by atoms with Gasteiger partial charge in [0, 0.05) is 48.1 Å². The summed E-state index contributed by atoms with van der Waals surface area (Å²) in [5.41, 5.74) is 10.6. The highest BCUT2D eigenvalue weighted by molar-refractivity contribution is 6.01. The summed E-state index contributed by atoms with van der Waals surface area (Å²) in [4.78, 5) is 21.1. The van der Waals surface area contributed by atoms with Crippen molar-refractivity contribution in [3.8, 4) is 17.3 Å². The van der Waals surface area contributed by atoms with E-state index in [0.717, 1.165) is 48.0 Å². The zero-order valence-corrected chi connectivity index (χ0v) is 25.3. The first kappa shape index (κ1) is 25.1. The Hall–Kier alpha value is -4.32. The molecule has 1 amide bonds. The molecule has 1 saturated heterocycles. The molecule has 11 rings (SSSR count). The number of carbonyl (C=O) groups excluding carboxylic acids is 1. The van der Waals surface area contributed by atoms with Gasteiger partial charge in [-0.3, -0.25) is 4.79 Å². The largest absolute Gasteiger partial charge is 0.494 e. The Morgan fingerprint density at radius 2 is 1.93 bits per heavy atom. The third-order valence-corrected chi connectivity index (χ3v) is 11.6. The quantitative estimate of drug-likeness (QED) is 0.211. The van der Waals surface area contributed by atoms with Crippen LogP contribution in [0.2, 0.25) is 0 Å². The lowest BCUT2D eigenvalue weighted by molar-refractivity contribution is -0.0552. The van der Waals surface area contributed by atoms with Crippen molar-refractivity contribution in [1.29, 1.82) is 0 Å². The third-order valence-electron chi connectivity index (χ3n) is 11.6. The summed E-state index contributed by atoms with van der Waals surface area (Å²) in [6.45, 7) is 1.91. The van der Waals surface area contributed by atoms with Crippen LogP contribution in [0.15, 0.2) is 60.7 Å². The van der Waals surface area contributed by atoms with Gasteiger partial charge in [-0.25, -0.2) is 4.98 Å². The number of nitrogens with zero attached hydrogens (tertiary/aromatic N) is 4. The molecular formula is C38H36N4O2. The van der Waals surface area contributed by atoms with E-state index in [1.54, 1.807) is 7.11 Å². The maximum Gasteiger partial charge on any atom is 0.254 e. The number of allylic oxidation sites excluding steroid dienone is 1. The van der Waals surface area contributed by atoms with Crippen molar-refractivity contribution in [2.24, 2.45) is 24.3 Å². The van der Waals surface area contributed by atoms with E-state index >= 15 is 0 Å². The lowest BCUT2D eigenvalue weighted by Gasteiger charge is -2.56. The van der Waals surface area contributed by atoms with Crippen LogP contribution in [0, 0.1) is 17.3 Å². The fraction of sp³-hybridized carbons (Fsp3) is 0.368. The van der Waals surface area contributed by atoms with Crippen LogP contribution < -0.4 is 4.74 Å². The minimum absolute atomic E-state index is 0.124. The van der Waals surface area contributed by atoms with Gasteiger partial charge in [0.1, 0.15) is 11.3 Å². The summed E-state index contributed by atoms with van der Waals surface area (Å²) in [6, 6.07) is 22.3. The first-order valence-electron chi connectivity index (χ1n) is 16.3. The van der Waals surface area contributed by atoms with E-state index in [1.165, 1.54) is 65.3 Å². The molecule has 2 aromatic heterocycles. The molecule has 5 fully saturated rings. The fourth-order valence-corrected chi connectivity index (χ4v) is 9.20. The monoisotopic (exact) mass is 580 g/mol. The molecule has 2 bridgehead atoms. The lowest BCUT2D eigenvalue weighted by atomic mass is 9.63. The van der Waals surface area contributed by atoms with Gasteiger partial charge in [0.2, 0.25) is 0 Å². The molecule has 6 heteroatoms. The van der Waals surface area contributed by atoms with E-state index in [1.807, 2.05) is 12.1 Å². The second kappa shape index (κ2) is 8.65. The molecule has 1 unspecified atom stereocenters. The third kappa shape index (κ3) is 3.42. The molecule has 1 spiro atoms. The van der Waals surface area contributed by atoms with Crippen LogP contribution >= 0.6 is 0 Å². The van der Waals surface area contributed by atoms with E-state index in [2.05, 4.69) is 75.7 Å². The van der Waals surface area contributed by atoms with Crippen LogP contribution in [-0.2, 0) is 20.0 Å². The minimum Gasteiger partial charge on any atom is -0.494 e. The molecular weight excluding hydrogens is 544 g/mol. The maximum atomic E-state index is 13.7. The van der Waals surface area contributed by atoms with Gasteiger partial charge < -0.3 is 18.8 Å². The van der Waals surface area contributed by atoms with Crippen molar-refractivity contribution in [1.82, 2.24) is 19.0 Å². The van der Waals surface area contributed by atoms with Crippen LogP contribution in [-0.4, -0.2) is 44.6 Å². The Kier molecular flexibility index (Phi) is 4.92. The number of methoxy groups -OCH3 is 1. The molecule has 220 valence electrons. The highest BCUT2D eigenvalue weighted by Crippen LogP contribution is 2.66. The molecule has 44 heavy (non-hydrogen) atoms. The van der Waals surface area contributed by atoms with Gasteiger partial charge in [-0.2, -0.15) is 0 Å². The van der Waals surface area contributed by atoms with Gasteiger partial charge in [-0.15, -0.1) is 0 Å². The lowest BCUT2D eigenvalue weighted by Crippen LogP contribution is -2.64. The van der Waals surface area contributed by atoms with E-state index < -0.39 is 0 Å². The summed E-state index contributed by atoms with van der Waals surface area (Å²) in [6.07, 6.45) is 9.68. The number of hydrogen-bond donors (Lipinski definition) is 0. The minimum atomic E-state index is 0.124. The number of ether oxygens (including phenoxy) is 1. The Labute approximate surface area is 256 Å². The number of rotatable bonds is 6. The van der Waals surface area contributed by atoms with Crippen LogP contribution in [0.1, 0.15) is 59.2 Å². The number of likely N-dealkylation sites (tertiary alicyclic amines) is 1. The smallest absolute Gasteiger partial charge is 0.254 e. The molecule has 3 heterocycles. The van der Waals surface area contributed by atoms with Gasteiger partial charge >= 0.3 is 0 Å². The number of amides is 1. The average molecular weight is 581 g/mol. The van der Waals surface area contributed by atoms with Crippen LogP contribution in [0.5, 0.6) is 5.75 Å². The summed E-state index contributed by atoms with van der Waals surface area (Å²) >= 11 is 0. The van der Waals surface area contributed by atoms with Crippen molar-refractivity contribution in [2.45, 2.75) is 51.1 Å². The van der Waals surface area contributed by atoms with Crippen LogP contribution in [0.4, 0.5) is 0 Å². The SMILES string of the molecule is COc1cc(C(=O)N2CC34CC(CC23)C4)cc2nc(-c3cc4cc(C5=Cc6ccccc6C5)ccc4n3CC3CC3)n(C)c12. The molecule has 0 N–H and O–H groups in total. The molecule has 1 aliphatic heterocycles. The van der Waals surface area contributed by atoms with Gasteiger partial charge in [0.05, 0.1) is 18.3 Å². The van der Waals surface area contributed by atoms with Gasteiger partial charge in [-0.05, 0) is 103 Å². The topological polar surface area (TPSA) is 52.3 Å². The summed E-state index contributed by atoms with van der Waals surface area (Å²) in [5, 5.41) is 1.24. The van der Waals surface area contributed by atoms with Crippen molar-refractivity contribution in [3.05, 3.63) is 82.9 Å². The normalized spacial score (nSPS) is 24.7. The number of benzene rings is 3. The Morgan fingerprint density at radius 1 is 1.07 bits per heavy atom. The predicted octanol–water partition coefficient (Wildman–Crippen LogP) is 7.33. The number of aromatic nitrogens is 3. The van der Waals surface area contributed by atoms with E-state index in [0.29, 0.717) is 28.7 Å². The molecule has 5 aliphatic carbocycles. The van der Waals surface area contributed by atoms with Crippen molar-refractivity contribution >= 4 is 39.5 Å². The van der Waals surface area contributed by atoms with Gasteiger partial charge in [0.15, 0.2) is 5.82 Å². The predicted molar refractivity (Wildman–Crippen MR) is 174 cm³/mol. The second-order valence-electron chi connectivity index (χ2n) is 14.3. The number of hydrogen-bond acceptors (Lipinski definition) is 3. The Morgan fingerprint density at radius 3 is 2.73 bits per heavy atom.